The van der Waals surface area contributed by atoms with Crippen molar-refractivity contribution in [2.24, 2.45) is 5.73 Å². The van der Waals surface area contributed by atoms with Crippen molar-refractivity contribution < 1.29 is 24.4 Å². The summed E-state index contributed by atoms with van der Waals surface area (Å²) in [6, 6.07) is 23.0. The summed E-state index contributed by atoms with van der Waals surface area (Å²) in [5.41, 5.74) is 5.57. The van der Waals surface area contributed by atoms with Crippen LogP contribution in [0.3, 0.4) is 0 Å². The largest absolute Gasteiger partial charge is 0.480 e. The lowest BCUT2D eigenvalue weighted by Crippen LogP contribution is -2.47. The highest BCUT2D eigenvalue weighted by atomic mass is 31.1. The van der Waals surface area contributed by atoms with Gasteiger partial charge in [0.15, 0.2) is 0 Å². The summed E-state index contributed by atoms with van der Waals surface area (Å²) in [7, 11) is -2.56. The number of anilines is 2. The Balaban J connectivity index is 1.86. The molecule has 1 amide bonds. The van der Waals surface area contributed by atoms with Crippen LogP contribution in [0.4, 0.5) is 16.2 Å². The molecule has 0 aliphatic heterocycles. The molecule has 0 aliphatic carbocycles. The molecule has 0 bridgehead atoms. The second-order valence-corrected chi connectivity index (χ2v) is 8.52. The Bertz CT molecular complexity index is 1060. The Morgan fingerprint density at radius 2 is 1.33 bits per heavy atom. The zero-order valence-corrected chi connectivity index (χ0v) is 16.9. The number of carboxylic acids is 1. The molecule has 8 heteroatoms. The van der Waals surface area contributed by atoms with Gasteiger partial charge in [0.25, 0.3) is 0 Å². The van der Waals surface area contributed by atoms with E-state index in [2.05, 4.69) is 0 Å². The Morgan fingerprint density at radius 3 is 1.83 bits per heavy atom. The van der Waals surface area contributed by atoms with E-state index in [9.17, 15) is 24.4 Å². The first-order chi connectivity index (χ1) is 14.3. The van der Waals surface area contributed by atoms with E-state index in [-0.39, 0.29) is 6.16 Å². The van der Waals surface area contributed by atoms with E-state index in [0.29, 0.717) is 22.2 Å². The summed E-state index contributed by atoms with van der Waals surface area (Å²) in [5, 5.41) is 19.7. The molecule has 0 radical (unpaired) electrons. The summed E-state index contributed by atoms with van der Waals surface area (Å²) < 4.78 is 12.9. The topological polar surface area (TPSA) is 121 Å². The van der Waals surface area contributed by atoms with Crippen LogP contribution in [-0.2, 0) is 14.9 Å². The van der Waals surface area contributed by atoms with Gasteiger partial charge in [-0.15, -0.1) is 0 Å². The highest BCUT2D eigenvalue weighted by Gasteiger charge is 2.38. The van der Waals surface area contributed by atoms with Gasteiger partial charge >= 0.3 is 12.1 Å². The smallest absolute Gasteiger partial charge is 0.416 e. The van der Waals surface area contributed by atoms with Crippen molar-refractivity contribution in [2.75, 3.05) is 11.1 Å². The van der Waals surface area contributed by atoms with Gasteiger partial charge in [-0.25, -0.2) is 14.5 Å². The molecule has 3 aromatic carbocycles. The predicted octanol–water partition coefficient (Wildman–Crippen LogP) is 3.63. The molecule has 0 saturated carbocycles. The van der Waals surface area contributed by atoms with Crippen molar-refractivity contribution in [3.63, 3.8) is 0 Å². The lowest BCUT2D eigenvalue weighted by Gasteiger charge is -2.25. The van der Waals surface area contributed by atoms with E-state index in [4.69, 9.17) is 5.73 Å². The average Bonchev–Trinajstić information content (AvgIpc) is 2.75. The highest BCUT2D eigenvalue weighted by Crippen LogP contribution is 2.33. The van der Waals surface area contributed by atoms with Gasteiger partial charge in [0.2, 0.25) is 0 Å². The van der Waals surface area contributed by atoms with Crippen LogP contribution in [0.25, 0.3) is 0 Å². The minimum Gasteiger partial charge on any atom is -0.480 e. The molecule has 3 aromatic rings. The van der Waals surface area contributed by atoms with Crippen molar-refractivity contribution in [2.45, 2.75) is 5.54 Å². The summed E-state index contributed by atoms with van der Waals surface area (Å²) in [5.74, 6) is -1.26. The SMILES string of the molecule is NC(C[PH](=O)c1ccc(N(C(=O)O)c2ccccc2)cc1)(C(=O)O)c1ccccc1. The van der Waals surface area contributed by atoms with Crippen molar-refractivity contribution in [1.82, 2.24) is 0 Å². The fourth-order valence-electron chi connectivity index (χ4n) is 3.14. The maximum atomic E-state index is 12.9. The molecule has 4 N–H and O–H groups in total. The van der Waals surface area contributed by atoms with Crippen molar-refractivity contribution >= 4 is 36.5 Å². The van der Waals surface area contributed by atoms with Crippen LogP contribution in [0.2, 0.25) is 0 Å². The number of nitrogens with two attached hydrogens (primary N) is 1. The molecule has 0 aliphatic rings. The van der Waals surface area contributed by atoms with Crippen LogP contribution in [-0.4, -0.2) is 28.4 Å². The van der Waals surface area contributed by atoms with Crippen LogP contribution >= 0.6 is 7.80 Å². The lowest BCUT2D eigenvalue weighted by atomic mass is 9.93. The Labute approximate surface area is 174 Å². The fraction of sp³-hybridized carbons (Fsp3) is 0.0909. The molecule has 0 saturated heterocycles. The van der Waals surface area contributed by atoms with E-state index in [1.54, 1.807) is 84.9 Å². The normalized spacial score (nSPS) is 13.8. The molecule has 2 unspecified atom stereocenters. The third kappa shape index (κ3) is 4.43. The summed E-state index contributed by atoms with van der Waals surface area (Å²) >= 11 is 0. The average molecular weight is 424 g/mol. The molecule has 0 aromatic heterocycles. The van der Waals surface area contributed by atoms with Gasteiger partial charge < -0.3 is 20.5 Å². The molecule has 0 fully saturated rings. The Kier molecular flexibility index (Phi) is 6.35. The first-order valence-electron chi connectivity index (χ1n) is 9.12. The highest BCUT2D eigenvalue weighted by molar-refractivity contribution is 7.53. The molecular weight excluding hydrogens is 403 g/mol. The number of aliphatic carboxylic acids is 1. The van der Waals surface area contributed by atoms with Crippen molar-refractivity contribution in [3.05, 3.63) is 90.5 Å². The van der Waals surface area contributed by atoms with Gasteiger partial charge in [0.05, 0.1) is 11.4 Å². The van der Waals surface area contributed by atoms with E-state index >= 15 is 0 Å². The zero-order valence-electron chi connectivity index (χ0n) is 15.9. The summed E-state index contributed by atoms with van der Waals surface area (Å²) in [6.45, 7) is 0. The molecule has 2 atom stereocenters. The van der Waals surface area contributed by atoms with Crippen LogP contribution < -0.4 is 15.9 Å². The quantitative estimate of drug-likeness (QED) is 0.498. The lowest BCUT2D eigenvalue weighted by molar-refractivity contribution is -0.142. The van der Waals surface area contributed by atoms with Crippen LogP contribution in [0.15, 0.2) is 84.9 Å². The maximum absolute atomic E-state index is 12.9. The first kappa shape index (κ1) is 21.3. The van der Waals surface area contributed by atoms with Gasteiger partial charge in [-0.1, -0.05) is 48.5 Å². The van der Waals surface area contributed by atoms with Crippen LogP contribution in [0.5, 0.6) is 0 Å². The van der Waals surface area contributed by atoms with Gasteiger partial charge in [-0.3, -0.25) is 0 Å². The second-order valence-electron chi connectivity index (χ2n) is 6.74. The van der Waals surface area contributed by atoms with E-state index < -0.39 is 25.4 Å². The number of hydrogen-bond donors (Lipinski definition) is 3. The third-order valence-electron chi connectivity index (χ3n) is 4.76. The number of nitrogens with zero attached hydrogens (tertiary/aromatic N) is 1. The Morgan fingerprint density at radius 1 is 0.833 bits per heavy atom. The van der Waals surface area contributed by atoms with Crippen LogP contribution in [0, 0.1) is 0 Å². The minimum atomic E-state index is -2.56. The number of hydrogen-bond acceptors (Lipinski definition) is 4. The molecule has 0 spiro atoms. The summed E-state index contributed by atoms with van der Waals surface area (Å²) in [4.78, 5) is 24.7. The fourth-order valence-corrected chi connectivity index (χ4v) is 4.74. The number of benzene rings is 3. The van der Waals surface area contributed by atoms with E-state index in [1.807, 2.05) is 0 Å². The summed E-state index contributed by atoms with van der Waals surface area (Å²) in [6.07, 6.45) is -1.41. The number of para-hydroxylation sites is 1. The zero-order chi connectivity index (χ0) is 21.7. The molecule has 7 nitrogen and oxygen atoms in total. The van der Waals surface area contributed by atoms with Crippen molar-refractivity contribution in [3.8, 4) is 0 Å². The molecular formula is C22H21N2O5P. The minimum absolute atomic E-state index is 0.252. The maximum Gasteiger partial charge on any atom is 0.416 e. The first-order valence-corrected chi connectivity index (χ1v) is 10.7. The number of rotatable bonds is 7. The van der Waals surface area contributed by atoms with Gasteiger partial charge in [0.1, 0.15) is 13.3 Å². The Hall–Kier alpha value is -3.41. The van der Waals surface area contributed by atoms with Gasteiger partial charge in [0, 0.05) is 11.5 Å². The van der Waals surface area contributed by atoms with Crippen molar-refractivity contribution in [1.29, 1.82) is 0 Å². The number of carboxylic acid groups (broad SMARTS) is 2. The van der Waals surface area contributed by atoms with E-state index in [0.717, 1.165) is 4.90 Å². The number of amides is 1. The number of carbonyl (C=O) groups is 2. The van der Waals surface area contributed by atoms with Gasteiger partial charge in [-0.2, -0.15) is 0 Å². The van der Waals surface area contributed by atoms with E-state index in [1.165, 1.54) is 0 Å². The molecule has 154 valence electrons. The molecule has 3 rings (SSSR count). The van der Waals surface area contributed by atoms with Crippen LogP contribution in [0.1, 0.15) is 5.56 Å². The predicted molar refractivity (Wildman–Crippen MR) is 116 cm³/mol. The monoisotopic (exact) mass is 424 g/mol. The molecule has 0 heterocycles. The standard InChI is InChI=1S/C22H21N2O5P/c23-22(20(25)26,16-7-3-1-4-8-16)15-30(29)19-13-11-18(12-14-19)24(21(27)28)17-9-5-2-6-10-17/h1-14,30H,15,23H2,(H,25,26)(H,27,28). The molecule has 30 heavy (non-hydrogen) atoms. The van der Waals surface area contributed by atoms with Gasteiger partial charge in [-0.05, 0) is 42.0 Å². The third-order valence-corrected chi connectivity index (χ3v) is 6.62. The second kappa shape index (κ2) is 8.95.